The maximum atomic E-state index is 12.7. The Kier molecular flexibility index (Phi) is 3.96. The van der Waals surface area contributed by atoms with Crippen LogP contribution in [0.15, 0.2) is 24.3 Å². The molecule has 0 aromatic heterocycles. The van der Waals surface area contributed by atoms with Crippen LogP contribution < -0.4 is 4.90 Å². The third-order valence-electron chi connectivity index (χ3n) is 3.23. The molecule has 106 valence electrons. The van der Waals surface area contributed by atoms with E-state index in [4.69, 9.17) is 16.9 Å². The van der Waals surface area contributed by atoms with Crippen molar-refractivity contribution in [3.05, 3.63) is 40.4 Å². The van der Waals surface area contributed by atoms with Crippen molar-refractivity contribution in [1.29, 1.82) is 5.26 Å². The molecule has 0 aliphatic carbocycles. The van der Waals surface area contributed by atoms with Crippen molar-refractivity contribution < 1.29 is 13.2 Å². The summed E-state index contributed by atoms with van der Waals surface area (Å²) in [5.41, 5.74) is 1.35. The summed E-state index contributed by atoms with van der Waals surface area (Å²) in [5, 5.41) is 9.18. The zero-order chi connectivity index (χ0) is 14.9. The minimum Gasteiger partial charge on any atom is -0.355 e. The predicted molar refractivity (Wildman–Crippen MR) is 71.9 cm³/mol. The number of allylic oxidation sites excluding steroid dienone is 1. The molecule has 2 rings (SSSR count). The van der Waals surface area contributed by atoms with E-state index < -0.39 is 12.7 Å². The Hall–Kier alpha value is -1.67. The Morgan fingerprint density at radius 1 is 1.50 bits per heavy atom. The Morgan fingerprint density at radius 2 is 2.20 bits per heavy atom. The number of anilines is 1. The molecule has 1 heterocycles. The highest BCUT2D eigenvalue weighted by Gasteiger charge is 2.38. The number of hydrogen-bond donors (Lipinski definition) is 0. The highest BCUT2D eigenvalue weighted by Crippen LogP contribution is 2.40. The second-order valence-electron chi connectivity index (χ2n) is 4.58. The topological polar surface area (TPSA) is 27.0 Å². The molecule has 0 amide bonds. The first kappa shape index (κ1) is 14.7. The van der Waals surface area contributed by atoms with Crippen LogP contribution in [0.2, 0.25) is 5.02 Å². The summed E-state index contributed by atoms with van der Waals surface area (Å²) in [6.07, 6.45) is -0.473. The maximum Gasteiger partial charge on any atom is 0.405 e. The van der Waals surface area contributed by atoms with Gasteiger partial charge in [0.15, 0.2) is 0 Å². The molecule has 0 saturated heterocycles. The van der Waals surface area contributed by atoms with Crippen LogP contribution in [0.3, 0.4) is 0 Å². The van der Waals surface area contributed by atoms with Gasteiger partial charge in [-0.1, -0.05) is 23.8 Å². The van der Waals surface area contributed by atoms with Gasteiger partial charge >= 0.3 is 6.18 Å². The van der Waals surface area contributed by atoms with Crippen molar-refractivity contribution in [3.8, 4) is 6.07 Å². The fourth-order valence-electron chi connectivity index (χ4n) is 2.45. The Labute approximate surface area is 120 Å². The molecule has 0 radical (unpaired) electrons. The monoisotopic (exact) mass is 300 g/mol. The Balaban J connectivity index is 2.46. The van der Waals surface area contributed by atoms with Crippen LogP contribution in [0, 0.1) is 11.3 Å². The van der Waals surface area contributed by atoms with E-state index in [1.807, 2.05) is 6.07 Å². The van der Waals surface area contributed by atoms with E-state index in [1.54, 1.807) is 19.1 Å². The largest absolute Gasteiger partial charge is 0.405 e. The van der Waals surface area contributed by atoms with E-state index in [2.05, 4.69) is 0 Å². The van der Waals surface area contributed by atoms with Crippen LogP contribution >= 0.6 is 11.6 Å². The van der Waals surface area contributed by atoms with Gasteiger partial charge in [-0.2, -0.15) is 18.4 Å². The first-order valence-corrected chi connectivity index (χ1v) is 6.43. The van der Waals surface area contributed by atoms with Gasteiger partial charge in [-0.15, -0.1) is 0 Å². The summed E-state index contributed by atoms with van der Waals surface area (Å²) in [5.74, 6) is 0. The summed E-state index contributed by atoms with van der Waals surface area (Å²) >= 11 is 6.10. The average molecular weight is 301 g/mol. The van der Waals surface area contributed by atoms with Gasteiger partial charge in [0.25, 0.3) is 0 Å². The minimum absolute atomic E-state index is 0.254. The van der Waals surface area contributed by atoms with Gasteiger partial charge in [-0.25, -0.2) is 0 Å². The van der Waals surface area contributed by atoms with Gasteiger partial charge < -0.3 is 4.90 Å². The van der Waals surface area contributed by atoms with E-state index in [-0.39, 0.29) is 11.1 Å². The van der Waals surface area contributed by atoms with E-state index in [0.29, 0.717) is 23.2 Å². The molecule has 1 aliphatic rings. The fourth-order valence-corrected chi connectivity index (χ4v) is 2.73. The molecule has 1 aromatic carbocycles. The molecule has 0 bridgehead atoms. The zero-order valence-electron chi connectivity index (χ0n) is 10.7. The van der Waals surface area contributed by atoms with Crippen LogP contribution in [0.4, 0.5) is 18.9 Å². The van der Waals surface area contributed by atoms with Crippen molar-refractivity contribution >= 4 is 17.3 Å². The van der Waals surface area contributed by atoms with Crippen LogP contribution in [0.5, 0.6) is 0 Å². The molecule has 2 nitrogen and oxygen atoms in total. The summed E-state index contributed by atoms with van der Waals surface area (Å²) < 4.78 is 38.1. The van der Waals surface area contributed by atoms with Crippen molar-refractivity contribution in [2.45, 2.75) is 25.6 Å². The molecule has 1 unspecified atom stereocenters. The number of benzene rings is 1. The van der Waals surface area contributed by atoms with Gasteiger partial charge in [-0.05, 0) is 31.0 Å². The second-order valence-corrected chi connectivity index (χ2v) is 4.95. The third kappa shape index (κ3) is 2.75. The maximum absolute atomic E-state index is 12.7. The fraction of sp³-hybridized carbons (Fsp3) is 0.357. The van der Waals surface area contributed by atoms with Crippen LogP contribution in [0.1, 0.15) is 18.1 Å². The van der Waals surface area contributed by atoms with Gasteiger partial charge in [0.05, 0.1) is 16.6 Å². The molecule has 1 atom stereocenters. The lowest BCUT2D eigenvalue weighted by atomic mass is 10.1. The lowest BCUT2D eigenvalue weighted by Gasteiger charge is -2.26. The molecule has 1 aliphatic heterocycles. The van der Waals surface area contributed by atoms with Crippen molar-refractivity contribution in [1.82, 2.24) is 0 Å². The highest BCUT2D eigenvalue weighted by molar-refractivity contribution is 6.33. The molecular formula is C14H12ClF3N2. The van der Waals surface area contributed by atoms with E-state index in [9.17, 15) is 13.2 Å². The minimum atomic E-state index is -4.29. The molecule has 0 N–H and O–H groups in total. The summed E-state index contributed by atoms with van der Waals surface area (Å²) in [6, 6.07) is 4.56. The summed E-state index contributed by atoms with van der Waals surface area (Å²) in [6.45, 7) is 0.730. The number of rotatable bonds is 2. The number of fused-ring (bicyclic) bond motifs is 1. The predicted octanol–water partition coefficient (Wildman–Crippen LogP) is 4.08. The second kappa shape index (κ2) is 5.37. The standard InChI is InChI=1S/C14H12ClF3N2/c1-2-3-10-6-11-12(20(10)8-14(16,17)18)5-4-9(7-19)13(11)15/h2-5,10H,6,8H2,1H3/b3-2+. The molecule has 0 saturated carbocycles. The number of nitrogens with zero attached hydrogens (tertiary/aromatic N) is 2. The van der Waals surface area contributed by atoms with Gasteiger partial charge in [0.2, 0.25) is 0 Å². The van der Waals surface area contributed by atoms with E-state index in [0.717, 1.165) is 0 Å². The Bertz CT molecular complexity index is 587. The van der Waals surface area contributed by atoms with Crippen molar-refractivity contribution in [2.75, 3.05) is 11.4 Å². The quantitative estimate of drug-likeness (QED) is 0.770. The molecule has 6 heteroatoms. The van der Waals surface area contributed by atoms with Gasteiger partial charge in [-0.3, -0.25) is 0 Å². The number of alkyl halides is 3. The van der Waals surface area contributed by atoms with E-state index >= 15 is 0 Å². The Morgan fingerprint density at radius 3 is 2.75 bits per heavy atom. The smallest absolute Gasteiger partial charge is 0.355 e. The third-order valence-corrected chi connectivity index (χ3v) is 3.66. The lowest BCUT2D eigenvalue weighted by molar-refractivity contribution is -0.120. The normalized spacial score (nSPS) is 18.4. The van der Waals surface area contributed by atoms with Crippen molar-refractivity contribution in [2.24, 2.45) is 0 Å². The summed E-state index contributed by atoms with van der Waals surface area (Å²) in [4.78, 5) is 1.28. The zero-order valence-corrected chi connectivity index (χ0v) is 11.5. The van der Waals surface area contributed by atoms with Crippen LogP contribution in [-0.4, -0.2) is 18.8 Å². The van der Waals surface area contributed by atoms with Crippen molar-refractivity contribution in [3.63, 3.8) is 0 Å². The molecule has 1 aromatic rings. The molecule has 0 spiro atoms. The van der Waals surface area contributed by atoms with Gasteiger partial charge in [0.1, 0.15) is 12.6 Å². The van der Waals surface area contributed by atoms with E-state index in [1.165, 1.54) is 17.0 Å². The van der Waals surface area contributed by atoms with Crippen LogP contribution in [-0.2, 0) is 6.42 Å². The number of nitriles is 1. The SMILES string of the molecule is C/C=C/C1Cc2c(ccc(C#N)c2Cl)N1CC(F)(F)F. The first-order valence-electron chi connectivity index (χ1n) is 6.05. The summed E-state index contributed by atoms with van der Waals surface area (Å²) in [7, 11) is 0. The van der Waals surface area contributed by atoms with Gasteiger partial charge in [0, 0.05) is 5.69 Å². The molecule has 0 fully saturated rings. The number of halogens is 4. The highest BCUT2D eigenvalue weighted by atomic mass is 35.5. The molecular weight excluding hydrogens is 289 g/mol. The average Bonchev–Trinajstić information content (AvgIpc) is 2.68. The number of hydrogen-bond acceptors (Lipinski definition) is 2. The lowest BCUT2D eigenvalue weighted by Crippen LogP contribution is -2.38. The molecule has 20 heavy (non-hydrogen) atoms. The van der Waals surface area contributed by atoms with Crippen LogP contribution in [0.25, 0.3) is 0 Å². The first-order chi connectivity index (χ1) is 9.37.